The van der Waals surface area contributed by atoms with Gasteiger partial charge in [-0.3, -0.25) is 0 Å². The van der Waals surface area contributed by atoms with Crippen molar-refractivity contribution in [2.45, 2.75) is 38.5 Å². The summed E-state index contributed by atoms with van der Waals surface area (Å²) < 4.78 is 68.9. The van der Waals surface area contributed by atoms with Gasteiger partial charge in [0.25, 0.3) is 0 Å². The molecule has 1 nitrogen and oxygen atoms in total. The molecule has 1 unspecified atom stereocenters. The third kappa shape index (κ3) is 3.37. The Balaban J connectivity index is 1.88. The number of halogens is 5. The van der Waals surface area contributed by atoms with E-state index in [9.17, 15) is 22.0 Å². The van der Waals surface area contributed by atoms with Gasteiger partial charge < -0.3 is 4.74 Å². The second kappa shape index (κ2) is 6.07. The minimum atomic E-state index is -4.93. The summed E-state index contributed by atoms with van der Waals surface area (Å²) in [7, 11) is 0. The third-order valence-corrected chi connectivity index (χ3v) is 4.34. The lowest BCUT2D eigenvalue weighted by Gasteiger charge is -2.26. The van der Waals surface area contributed by atoms with E-state index >= 15 is 0 Å². The van der Waals surface area contributed by atoms with E-state index in [0.717, 1.165) is 11.6 Å². The molecule has 24 heavy (non-hydrogen) atoms. The monoisotopic (exact) mass is 342 g/mol. The smallest absolute Gasteiger partial charge is 0.403 e. The molecule has 0 bridgehead atoms. The summed E-state index contributed by atoms with van der Waals surface area (Å²) in [6.07, 6.45) is -3.83. The van der Waals surface area contributed by atoms with E-state index in [0.29, 0.717) is 24.0 Å². The van der Waals surface area contributed by atoms with Crippen LogP contribution in [-0.4, -0.2) is 6.36 Å². The summed E-state index contributed by atoms with van der Waals surface area (Å²) in [5.74, 6) is -2.22. The molecule has 128 valence electrons. The molecule has 6 heteroatoms. The Labute approximate surface area is 136 Å². The number of benzene rings is 2. The van der Waals surface area contributed by atoms with Crippen LogP contribution in [0.2, 0.25) is 0 Å². The highest BCUT2D eigenvalue weighted by atomic mass is 19.4. The fraction of sp³-hybridized carbons (Fsp3) is 0.333. The Morgan fingerprint density at radius 3 is 2.50 bits per heavy atom. The highest BCUT2D eigenvalue weighted by molar-refractivity contribution is 5.41. The fourth-order valence-corrected chi connectivity index (χ4v) is 3.22. The summed E-state index contributed by atoms with van der Waals surface area (Å²) in [6, 6.07) is 7.39. The van der Waals surface area contributed by atoms with E-state index in [-0.39, 0.29) is 23.7 Å². The Bertz CT molecular complexity index is 767. The van der Waals surface area contributed by atoms with Crippen molar-refractivity contribution in [3.05, 3.63) is 64.2 Å². The third-order valence-electron chi connectivity index (χ3n) is 4.34. The van der Waals surface area contributed by atoms with Crippen molar-refractivity contribution in [3.8, 4) is 5.75 Å². The SMILES string of the molecule is Cc1ccc(C2CCc3c(ccc(OC(F)(F)F)c3F)C2)c(F)c1. The first-order chi connectivity index (χ1) is 11.2. The van der Waals surface area contributed by atoms with Gasteiger partial charge in [0.1, 0.15) is 5.82 Å². The largest absolute Gasteiger partial charge is 0.573 e. The Morgan fingerprint density at radius 1 is 1.08 bits per heavy atom. The Hall–Kier alpha value is -2.11. The van der Waals surface area contributed by atoms with Gasteiger partial charge in [-0.15, -0.1) is 13.2 Å². The standard InChI is InChI=1S/C18H15F5O/c1-10-2-5-13(15(19)8-10)11-3-6-14-12(9-11)4-7-16(17(14)20)24-18(21,22)23/h2,4-5,7-8,11H,3,6,9H2,1H3. The van der Waals surface area contributed by atoms with Crippen molar-refractivity contribution in [3.63, 3.8) is 0 Å². The van der Waals surface area contributed by atoms with Crippen LogP contribution in [0.3, 0.4) is 0 Å². The van der Waals surface area contributed by atoms with Gasteiger partial charge in [0.2, 0.25) is 0 Å². The second-order valence-electron chi connectivity index (χ2n) is 6.03. The molecule has 0 heterocycles. The lowest BCUT2D eigenvalue weighted by Crippen LogP contribution is -2.20. The van der Waals surface area contributed by atoms with E-state index in [4.69, 9.17) is 0 Å². The molecule has 0 saturated heterocycles. The second-order valence-corrected chi connectivity index (χ2v) is 6.03. The zero-order chi connectivity index (χ0) is 17.5. The van der Waals surface area contributed by atoms with E-state index in [1.54, 1.807) is 13.0 Å². The number of rotatable bonds is 2. The molecule has 0 N–H and O–H groups in total. The predicted molar refractivity (Wildman–Crippen MR) is 79.0 cm³/mol. The van der Waals surface area contributed by atoms with Crippen LogP contribution < -0.4 is 4.74 Å². The summed E-state index contributed by atoms with van der Waals surface area (Å²) in [5, 5.41) is 0. The van der Waals surface area contributed by atoms with Crippen LogP contribution >= 0.6 is 0 Å². The minimum Gasteiger partial charge on any atom is -0.403 e. The molecule has 0 aliphatic heterocycles. The normalized spacial score (nSPS) is 17.5. The lowest BCUT2D eigenvalue weighted by atomic mass is 9.79. The fourth-order valence-electron chi connectivity index (χ4n) is 3.22. The summed E-state index contributed by atoms with van der Waals surface area (Å²) in [4.78, 5) is 0. The average molecular weight is 342 g/mol. The number of aryl methyl sites for hydroxylation is 1. The summed E-state index contributed by atoms with van der Waals surface area (Å²) >= 11 is 0. The maximum Gasteiger partial charge on any atom is 0.573 e. The van der Waals surface area contributed by atoms with Crippen molar-refractivity contribution in [1.82, 2.24) is 0 Å². The molecule has 1 aliphatic rings. The van der Waals surface area contributed by atoms with Crippen molar-refractivity contribution in [2.75, 3.05) is 0 Å². The molecule has 1 aliphatic carbocycles. The van der Waals surface area contributed by atoms with Crippen molar-refractivity contribution < 1.29 is 26.7 Å². The van der Waals surface area contributed by atoms with E-state index in [1.165, 1.54) is 12.1 Å². The Morgan fingerprint density at radius 2 is 1.83 bits per heavy atom. The van der Waals surface area contributed by atoms with Crippen molar-refractivity contribution >= 4 is 0 Å². The quantitative estimate of drug-likeness (QED) is 0.660. The van der Waals surface area contributed by atoms with Gasteiger partial charge >= 0.3 is 6.36 Å². The zero-order valence-corrected chi connectivity index (χ0v) is 12.9. The molecule has 2 aromatic rings. The summed E-state index contributed by atoms with van der Waals surface area (Å²) in [6.45, 7) is 1.79. The summed E-state index contributed by atoms with van der Waals surface area (Å²) in [5.41, 5.74) is 2.19. The van der Waals surface area contributed by atoms with Gasteiger partial charge in [0.05, 0.1) is 0 Å². The van der Waals surface area contributed by atoms with Crippen LogP contribution in [0.1, 0.15) is 34.6 Å². The van der Waals surface area contributed by atoms with Crippen LogP contribution in [0, 0.1) is 18.6 Å². The highest BCUT2D eigenvalue weighted by Gasteiger charge is 2.34. The van der Waals surface area contributed by atoms with Crippen LogP contribution in [0.5, 0.6) is 5.75 Å². The van der Waals surface area contributed by atoms with E-state index in [1.807, 2.05) is 6.07 Å². The highest BCUT2D eigenvalue weighted by Crippen LogP contribution is 2.38. The molecule has 0 amide bonds. The van der Waals surface area contributed by atoms with Gasteiger partial charge in [0, 0.05) is 0 Å². The molecule has 1 atom stereocenters. The van der Waals surface area contributed by atoms with E-state index in [2.05, 4.69) is 4.74 Å². The lowest BCUT2D eigenvalue weighted by molar-refractivity contribution is -0.275. The van der Waals surface area contributed by atoms with Crippen LogP contribution in [-0.2, 0) is 12.8 Å². The first-order valence-corrected chi connectivity index (χ1v) is 7.56. The number of hydrogen-bond acceptors (Lipinski definition) is 1. The Kier molecular flexibility index (Phi) is 4.24. The van der Waals surface area contributed by atoms with Crippen LogP contribution in [0.4, 0.5) is 22.0 Å². The first kappa shape index (κ1) is 16.7. The van der Waals surface area contributed by atoms with Gasteiger partial charge in [-0.1, -0.05) is 18.2 Å². The average Bonchev–Trinajstić information content (AvgIpc) is 2.49. The molecule has 0 saturated carbocycles. The number of ether oxygens (including phenoxy) is 1. The van der Waals surface area contributed by atoms with Crippen LogP contribution in [0.25, 0.3) is 0 Å². The van der Waals surface area contributed by atoms with Crippen LogP contribution in [0.15, 0.2) is 30.3 Å². The maximum absolute atomic E-state index is 14.2. The van der Waals surface area contributed by atoms with Gasteiger partial charge in [-0.2, -0.15) is 0 Å². The van der Waals surface area contributed by atoms with Crippen molar-refractivity contribution in [2.24, 2.45) is 0 Å². The van der Waals surface area contributed by atoms with E-state index < -0.39 is 17.9 Å². The molecule has 0 fully saturated rings. The molecular formula is C18H15F5O. The number of fused-ring (bicyclic) bond motifs is 1. The number of hydrogen-bond donors (Lipinski definition) is 0. The maximum atomic E-state index is 14.2. The molecular weight excluding hydrogens is 327 g/mol. The first-order valence-electron chi connectivity index (χ1n) is 7.56. The molecule has 0 spiro atoms. The zero-order valence-electron chi connectivity index (χ0n) is 12.9. The topological polar surface area (TPSA) is 9.23 Å². The molecule has 2 aromatic carbocycles. The molecule has 0 radical (unpaired) electrons. The van der Waals surface area contributed by atoms with Gasteiger partial charge in [-0.25, -0.2) is 8.78 Å². The predicted octanol–water partition coefficient (Wildman–Crippen LogP) is 5.44. The molecule has 3 rings (SSSR count). The minimum absolute atomic E-state index is 0.119. The van der Waals surface area contributed by atoms with Gasteiger partial charge in [0.15, 0.2) is 11.6 Å². The number of alkyl halides is 3. The van der Waals surface area contributed by atoms with Gasteiger partial charge in [-0.05, 0) is 66.5 Å². The van der Waals surface area contributed by atoms with Crippen molar-refractivity contribution in [1.29, 1.82) is 0 Å². The molecule has 0 aromatic heterocycles.